The number of benzene rings is 1. The van der Waals surface area contributed by atoms with Crippen molar-refractivity contribution in [1.29, 1.82) is 0 Å². The zero-order chi connectivity index (χ0) is 12.9. The molecule has 0 fully saturated rings. The first kappa shape index (κ1) is 14.9. The fourth-order valence-electron chi connectivity index (χ4n) is 1.30. The monoisotopic (exact) mass is 340 g/mol. The van der Waals surface area contributed by atoms with Crippen LogP contribution in [0.15, 0.2) is 22.7 Å². The summed E-state index contributed by atoms with van der Waals surface area (Å²) < 4.78 is 22.3. The fourth-order valence-corrected chi connectivity index (χ4v) is 2.43. The van der Waals surface area contributed by atoms with Crippen LogP contribution in [0.25, 0.3) is 0 Å². The van der Waals surface area contributed by atoms with Gasteiger partial charge in [0.15, 0.2) is 0 Å². The van der Waals surface area contributed by atoms with Gasteiger partial charge < -0.3 is 5.32 Å². The van der Waals surface area contributed by atoms with Gasteiger partial charge in [-0.25, -0.2) is 13.6 Å². The number of nitrogens with one attached hydrogen (secondary N) is 1. The molecule has 1 aromatic rings. The zero-order valence-electron chi connectivity index (χ0n) is 9.12. The minimum Gasteiger partial charge on any atom is -0.313 e. The minimum atomic E-state index is -3.35. The molecule has 0 aromatic heterocycles. The van der Waals surface area contributed by atoms with Crippen LogP contribution in [0.2, 0.25) is 5.02 Å². The molecule has 0 radical (unpaired) electrons. The van der Waals surface area contributed by atoms with Crippen molar-refractivity contribution in [3.63, 3.8) is 0 Å². The molecule has 0 aliphatic rings. The molecule has 0 aliphatic carbocycles. The van der Waals surface area contributed by atoms with Gasteiger partial charge in [0.05, 0.1) is 5.75 Å². The minimum absolute atomic E-state index is 0.00326. The summed E-state index contributed by atoms with van der Waals surface area (Å²) in [6.45, 7) is 1.22. The Morgan fingerprint density at radius 1 is 1.41 bits per heavy atom. The molecule has 0 amide bonds. The Bertz CT molecular complexity index is 479. The van der Waals surface area contributed by atoms with E-state index in [2.05, 4.69) is 21.2 Å². The molecule has 0 bridgehead atoms. The third kappa shape index (κ3) is 6.38. The Morgan fingerprint density at radius 2 is 2.12 bits per heavy atom. The van der Waals surface area contributed by atoms with Crippen LogP contribution < -0.4 is 10.5 Å². The molecule has 4 nitrogen and oxygen atoms in total. The lowest BCUT2D eigenvalue weighted by Crippen LogP contribution is -2.22. The van der Waals surface area contributed by atoms with Crippen LogP contribution in [0.4, 0.5) is 0 Å². The molecule has 0 heterocycles. The van der Waals surface area contributed by atoms with E-state index in [9.17, 15) is 8.42 Å². The summed E-state index contributed by atoms with van der Waals surface area (Å²) in [5, 5.41) is 8.70. The molecule has 0 spiro atoms. The van der Waals surface area contributed by atoms with Crippen molar-refractivity contribution in [2.45, 2.75) is 13.0 Å². The molecular weight excluding hydrogens is 328 g/mol. The van der Waals surface area contributed by atoms with Crippen LogP contribution in [-0.2, 0) is 16.6 Å². The van der Waals surface area contributed by atoms with Crippen LogP contribution in [-0.4, -0.2) is 20.7 Å². The lowest BCUT2D eigenvalue weighted by atomic mass is 10.2. The van der Waals surface area contributed by atoms with Crippen molar-refractivity contribution >= 4 is 37.6 Å². The molecular formula is C10H14BrClN2O2S. The molecule has 3 N–H and O–H groups in total. The van der Waals surface area contributed by atoms with E-state index in [4.69, 9.17) is 16.7 Å². The molecule has 0 saturated heterocycles. The van der Waals surface area contributed by atoms with Crippen molar-refractivity contribution in [3.8, 4) is 0 Å². The number of hydrogen-bond donors (Lipinski definition) is 2. The number of halogens is 2. The summed E-state index contributed by atoms with van der Waals surface area (Å²) in [5.41, 5.74) is 1.04. The van der Waals surface area contributed by atoms with Crippen molar-refractivity contribution in [2.75, 3.05) is 12.3 Å². The molecule has 0 atom stereocenters. The van der Waals surface area contributed by atoms with E-state index in [-0.39, 0.29) is 5.75 Å². The molecule has 0 aliphatic heterocycles. The predicted molar refractivity (Wildman–Crippen MR) is 73.4 cm³/mol. The topological polar surface area (TPSA) is 72.2 Å². The molecule has 0 saturated carbocycles. The molecule has 17 heavy (non-hydrogen) atoms. The van der Waals surface area contributed by atoms with Crippen LogP contribution in [0.5, 0.6) is 0 Å². The van der Waals surface area contributed by atoms with Gasteiger partial charge in [0, 0.05) is 16.0 Å². The highest BCUT2D eigenvalue weighted by Gasteiger charge is 2.03. The van der Waals surface area contributed by atoms with Crippen LogP contribution in [0, 0.1) is 0 Å². The third-order valence-corrected chi connectivity index (χ3v) is 3.97. The summed E-state index contributed by atoms with van der Waals surface area (Å²) in [6.07, 6.45) is 0.497. The Labute approximate surface area is 115 Å². The van der Waals surface area contributed by atoms with Crippen molar-refractivity contribution in [3.05, 3.63) is 33.3 Å². The van der Waals surface area contributed by atoms with E-state index in [0.717, 1.165) is 10.0 Å². The first-order chi connectivity index (χ1) is 7.88. The Morgan fingerprint density at radius 3 is 2.76 bits per heavy atom. The van der Waals surface area contributed by atoms with E-state index in [1.165, 1.54) is 0 Å². The SMILES string of the molecule is NS(=O)(=O)CCCNCc1cc(Cl)ccc1Br. The maximum atomic E-state index is 10.7. The van der Waals surface area contributed by atoms with Crippen LogP contribution >= 0.6 is 27.5 Å². The van der Waals surface area contributed by atoms with E-state index in [1.807, 2.05) is 12.1 Å². The normalized spacial score (nSPS) is 11.7. The quantitative estimate of drug-likeness (QED) is 0.776. The second-order valence-corrected chi connectivity index (χ2v) is 6.66. The Kier molecular flexibility index (Phi) is 5.88. The maximum Gasteiger partial charge on any atom is 0.209 e. The van der Waals surface area contributed by atoms with Gasteiger partial charge >= 0.3 is 0 Å². The smallest absolute Gasteiger partial charge is 0.209 e. The highest BCUT2D eigenvalue weighted by molar-refractivity contribution is 9.10. The van der Waals surface area contributed by atoms with E-state index < -0.39 is 10.0 Å². The zero-order valence-corrected chi connectivity index (χ0v) is 12.3. The molecule has 1 aromatic carbocycles. The van der Waals surface area contributed by atoms with Crippen molar-refractivity contribution < 1.29 is 8.42 Å². The summed E-state index contributed by atoms with van der Waals surface area (Å²) >= 11 is 9.29. The van der Waals surface area contributed by atoms with E-state index >= 15 is 0 Å². The Hall–Kier alpha value is -0.140. The standard InChI is InChI=1S/C10H14BrClN2O2S/c11-10-3-2-9(12)6-8(10)7-14-4-1-5-17(13,15)16/h2-3,6,14H,1,4-5,7H2,(H2,13,15,16). The van der Waals surface area contributed by atoms with Gasteiger partial charge in [0.1, 0.15) is 0 Å². The number of nitrogens with two attached hydrogens (primary N) is 1. The first-order valence-corrected chi connectivity index (χ1v) is 7.92. The van der Waals surface area contributed by atoms with Gasteiger partial charge in [0.2, 0.25) is 10.0 Å². The average molecular weight is 342 g/mol. The van der Waals surface area contributed by atoms with E-state index in [1.54, 1.807) is 6.07 Å². The Balaban J connectivity index is 2.34. The maximum absolute atomic E-state index is 10.7. The summed E-state index contributed by atoms with van der Waals surface area (Å²) in [4.78, 5) is 0. The first-order valence-electron chi connectivity index (χ1n) is 5.03. The number of hydrogen-bond acceptors (Lipinski definition) is 3. The number of sulfonamides is 1. The number of primary sulfonamides is 1. The van der Waals surface area contributed by atoms with Crippen LogP contribution in [0.3, 0.4) is 0 Å². The van der Waals surface area contributed by atoms with Gasteiger partial charge in [-0.15, -0.1) is 0 Å². The largest absolute Gasteiger partial charge is 0.313 e. The van der Waals surface area contributed by atoms with Gasteiger partial charge in [-0.05, 0) is 36.7 Å². The van der Waals surface area contributed by atoms with Gasteiger partial charge in [-0.3, -0.25) is 0 Å². The second kappa shape index (κ2) is 6.70. The molecule has 0 unspecified atom stereocenters. The summed E-state index contributed by atoms with van der Waals surface area (Å²) in [6, 6.07) is 5.54. The summed E-state index contributed by atoms with van der Waals surface area (Å²) in [5.74, 6) is -0.00326. The third-order valence-electron chi connectivity index (χ3n) is 2.11. The van der Waals surface area contributed by atoms with Crippen molar-refractivity contribution in [1.82, 2.24) is 5.32 Å². The second-order valence-electron chi connectivity index (χ2n) is 3.63. The van der Waals surface area contributed by atoms with E-state index in [0.29, 0.717) is 24.5 Å². The average Bonchev–Trinajstić information content (AvgIpc) is 2.21. The van der Waals surface area contributed by atoms with Gasteiger partial charge in [0.25, 0.3) is 0 Å². The van der Waals surface area contributed by atoms with Crippen molar-refractivity contribution in [2.24, 2.45) is 5.14 Å². The predicted octanol–water partition coefficient (Wildman–Crippen LogP) is 1.87. The molecule has 1 rings (SSSR count). The van der Waals surface area contributed by atoms with Gasteiger partial charge in [-0.1, -0.05) is 27.5 Å². The highest BCUT2D eigenvalue weighted by Crippen LogP contribution is 2.20. The fraction of sp³-hybridized carbons (Fsp3) is 0.400. The highest BCUT2D eigenvalue weighted by atomic mass is 79.9. The molecule has 96 valence electrons. The summed E-state index contributed by atoms with van der Waals surface area (Å²) in [7, 11) is -3.35. The lowest BCUT2D eigenvalue weighted by molar-refractivity contribution is 0.590. The molecule has 7 heteroatoms. The lowest BCUT2D eigenvalue weighted by Gasteiger charge is -2.07. The van der Waals surface area contributed by atoms with Crippen LogP contribution in [0.1, 0.15) is 12.0 Å². The number of rotatable bonds is 6. The van der Waals surface area contributed by atoms with Gasteiger partial charge in [-0.2, -0.15) is 0 Å².